The average Bonchev–Trinajstić information content (AvgIpc) is 2.75. The summed E-state index contributed by atoms with van der Waals surface area (Å²) < 4.78 is 4.79. The molecule has 0 atom stereocenters. The van der Waals surface area contributed by atoms with E-state index in [1.165, 1.54) is 0 Å². The van der Waals surface area contributed by atoms with E-state index in [1.54, 1.807) is 7.11 Å². The third kappa shape index (κ3) is 4.32. The fraction of sp³-hybridized carbons (Fsp3) is 0.818. The van der Waals surface area contributed by atoms with Crippen molar-refractivity contribution in [2.75, 3.05) is 26.8 Å². The van der Waals surface area contributed by atoms with E-state index in [-0.39, 0.29) is 18.4 Å². The minimum Gasteiger partial charge on any atom is -0.383 e. The van der Waals surface area contributed by atoms with Crippen LogP contribution in [0.5, 0.6) is 0 Å². The number of carbonyl (C=O) groups is 2. The maximum absolute atomic E-state index is 11.8. The highest BCUT2D eigenvalue weighted by atomic mass is 16.5. The predicted octanol–water partition coefficient (Wildman–Crippen LogP) is -0.863. The summed E-state index contributed by atoms with van der Waals surface area (Å²) in [7, 11) is 1.56. The Morgan fingerprint density at radius 2 is 1.94 bits per heavy atom. The molecule has 6 heteroatoms. The third-order valence-corrected chi connectivity index (χ3v) is 2.99. The predicted molar refractivity (Wildman–Crippen MR) is 63.3 cm³/mol. The molecule has 6 nitrogen and oxygen atoms in total. The van der Waals surface area contributed by atoms with Crippen LogP contribution in [0.3, 0.4) is 0 Å². The van der Waals surface area contributed by atoms with E-state index >= 15 is 0 Å². The van der Waals surface area contributed by atoms with Crippen molar-refractivity contribution in [1.29, 1.82) is 0 Å². The minimum atomic E-state index is -0.771. The van der Waals surface area contributed by atoms with Crippen LogP contribution >= 0.6 is 0 Å². The third-order valence-electron chi connectivity index (χ3n) is 2.99. The van der Waals surface area contributed by atoms with Crippen molar-refractivity contribution < 1.29 is 14.3 Å². The Hall–Kier alpha value is -1.14. The van der Waals surface area contributed by atoms with E-state index in [2.05, 4.69) is 10.6 Å². The van der Waals surface area contributed by atoms with Crippen LogP contribution < -0.4 is 16.4 Å². The molecule has 0 bridgehead atoms. The Morgan fingerprint density at radius 3 is 2.53 bits per heavy atom. The highest BCUT2D eigenvalue weighted by Crippen LogP contribution is 2.26. The van der Waals surface area contributed by atoms with Gasteiger partial charge in [-0.1, -0.05) is 12.8 Å². The molecule has 0 spiro atoms. The lowest BCUT2D eigenvalue weighted by atomic mass is 9.98. The van der Waals surface area contributed by atoms with Gasteiger partial charge in [-0.3, -0.25) is 9.59 Å². The van der Waals surface area contributed by atoms with Crippen LogP contribution in [0.15, 0.2) is 0 Å². The number of methoxy groups -OCH3 is 1. The van der Waals surface area contributed by atoms with Crippen molar-refractivity contribution in [1.82, 2.24) is 10.6 Å². The summed E-state index contributed by atoms with van der Waals surface area (Å²) in [5.74, 6) is -0.450. The van der Waals surface area contributed by atoms with Gasteiger partial charge in [0.05, 0.1) is 18.7 Å². The molecule has 0 aromatic carbocycles. The molecule has 17 heavy (non-hydrogen) atoms. The van der Waals surface area contributed by atoms with Gasteiger partial charge in [-0.25, -0.2) is 0 Å². The quantitative estimate of drug-likeness (QED) is 0.529. The van der Waals surface area contributed by atoms with Crippen LogP contribution in [0.4, 0.5) is 0 Å². The molecule has 98 valence electrons. The molecule has 0 aromatic heterocycles. The lowest BCUT2D eigenvalue weighted by Crippen LogP contribution is -2.53. The van der Waals surface area contributed by atoms with Gasteiger partial charge < -0.3 is 21.1 Å². The highest BCUT2D eigenvalue weighted by Gasteiger charge is 2.36. The molecule has 0 saturated heterocycles. The van der Waals surface area contributed by atoms with Crippen LogP contribution in [0.25, 0.3) is 0 Å². The first-order valence-corrected chi connectivity index (χ1v) is 5.91. The van der Waals surface area contributed by atoms with E-state index in [1.807, 2.05) is 0 Å². The van der Waals surface area contributed by atoms with Gasteiger partial charge in [0.25, 0.3) is 0 Å². The first-order chi connectivity index (χ1) is 8.08. The van der Waals surface area contributed by atoms with Gasteiger partial charge in [0, 0.05) is 13.7 Å². The second-order valence-corrected chi connectivity index (χ2v) is 4.39. The fourth-order valence-electron chi connectivity index (χ4n) is 1.92. The van der Waals surface area contributed by atoms with Crippen molar-refractivity contribution >= 4 is 11.8 Å². The molecule has 1 saturated carbocycles. The number of nitrogens with two attached hydrogens (primary N) is 1. The summed E-state index contributed by atoms with van der Waals surface area (Å²) in [4.78, 5) is 23.1. The summed E-state index contributed by atoms with van der Waals surface area (Å²) >= 11 is 0. The molecule has 0 aliphatic heterocycles. The van der Waals surface area contributed by atoms with Crippen LogP contribution in [0.2, 0.25) is 0 Å². The summed E-state index contributed by atoms with van der Waals surface area (Å²) in [5, 5.41) is 5.20. The molecule has 1 rings (SSSR count). The Morgan fingerprint density at radius 1 is 1.29 bits per heavy atom. The molecule has 1 aliphatic rings. The van der Waals surface area contributed by atoms with Crippen molar-refractivity contribution in [2.45, 2.75) is 31.2 Å². The molecular formula is C11H21N3O3. The van der Waals surface area contributed by atoms with Crippen LogP contribution in [0.1, 0.15) is 25.7 Å². The van der Waals surface area contributed by atoms with Crippen molar-refractivity contribution in [2.24, 2.45) is 5.73 Å². The Bertz CT molecular complexity index is 275. The second kappa shape index (κ2) is 6.56. The molecule has 0 unspecified atom stereocenters. The molecule has 0 heterocycles. The molecule has 0 radical (unpaired) electrons. The SMILES string of the molecule is COCCNC(=O)CNC(=O)C1(N)CCCC1. The van der Waals surface area contributed by atoms with E-state index in [0.29, 0.717) is 26.0 Å². The minimum absolute atomic E-state index is 0.0263. The zero-order chi connectivity index (χ0) is 12.7. The number of ether oxygens (including phenoxy) is 1. The number of hydrogen-bond donors (Lipinski definition) is 3. The van der Waals surface area contributed by atoms with Crippen molar-refractivity contribution in [3.8, 4) is 0 Å². The number of rotatable bonds is 6. The number of amides is 2. The van der Waals surface area contributed by atoms with Gasteiger partial charge in [0.1, 0.15) is 0 Å². The first kappa shape index (κ1) is 13.9. The molecule has 4 N–H and O–H groups in total. The zero-order valence-corrected chi connectivity index (χ0v) is 10.3. The van der Waals surface area contributed by atoms with Gasteiger partial charge in [-0.2, -0.15) is 0 Å². The number of carbonyl (C=O) groups excluding carboxylic acids is 2. The normalized spacial score (nSPS) is 17.8. The largest absolute Gasteiger partial charge is 0.383 e. The van der Waals surface area contributed by atoms with Gasteiger partial charge in [0.15, 0.2) is 0 Å². The maximum Gasteiger partial charge on any atom is 0.240 e. The number of hydrogen-bond acceptors (Lipinski definition) is 4. The van der Waals surface area contributed by atoms with Crippen LogP contribution in [0, 0.1) is 0 Å². The van der Waals surface area contributed by atoms with Crippen LogP contribution in [-0.4, -0.2) is 44.2 Å². The summed E-state index contributed by atoms with van der Waals surface area (Å²) in [6.07, 6.45) is 3.35. The van der Waals surface area contributed by atoms with E-state index in [0.717, 1.165) is 12.8 Å². The van der Waals surface area contributed by atoms with Crippen molar-refractivity contribution in [3.63, 3.8) is 0 Å². The average molecular weight is 243 g/mol. The second-order valence-electron chi connectivity index (χ2n) is 4.39. The molecule has 0 aromatic rings. The highest BCUT2D eigenvalue weighted by molar-refractivity contribution is 5.90. The Kier molecular flexibility index (Phi) is 5.37. The van der Waals surface area contributed by atoms with Crippen molar-refractivity contribution in [3.05, 3.63) is 0 Å². The topological polar surface area (TPSA) is 93.5 Å². The molecular weight excluding hydrogens is 222 g/mol. The smallest absolute Gasteiger partial charge is 0.240 e. The number of nitrogens with one attached hydrogen (secondary N) is 2. The van der Waals surface area contributed by atoms with E-state index < -0.39 is 5.54 Å². The lowest BCUT2D eigenvalue weighted by Gasteiger charge is -2.21. The van der Waals surface area contributed by atoms with Gasteiger partial charge in [-0.15, -0.1) is 0 Å². The van der Waals surface area contributed by atoms with Gasteiger partial charge in [-0.05, 0) is 12.8 Å². The molecule has 1 fully saturated rings. The zero-order valence-electron chi connectivity index (χ0n) is 10.3. The summed E-state index contributed by atoms with van der Waals surface area (Å²) in [6.45, 7) is 0.876. The monoisotopic (exact) mass is 243 g/mol. The molecule has 1 aliphatic carbocycles. The maximum atomic E-state index is 11.8. The fourth-order valence-corrected chi connectivity index (χ4v) is 1.92. The Labute approximate surface area is 101 Å². The molecule has 2 amide bonds. The Balaban J connectivity index is 2.21. The lowest BCUT2D eigenvalue weighted by molar-refractivity contribution is -0.129. The first-order valence-electron chi connectivity index (χ1n) is 5.91. The van der Waals surface area contributed by atoms with Crippen LogP contribution in [-0.2, 0) is 14.3 Å². The summed E-state index contributed by atoms with van der Waals surface area (Å²) in [5.41, 5.74) is 5.18. The standard InChI is InChI=1S/C11H21N3O3/c1-17-7-6-13-9(15)8-14-10(16)11(12)4-2-3-5-11/h2-8,12H2,1H3,(H,13,15)(H,14,16). The summed E-state index contributed by atoms with van der Waals surface area (Å²) in [6, 6.07) is 0. The van der Waals surface area contributed by atoms with E-state index in [9.17, 15) is 9.59 Å². The van der Waals surface area contributed by atoms with E-state index in [4.69, 9.17) is 10.5 Å². The van der Waals surface area contributed by atoms with Gasteiger partial charge in [0.2, 0.25) is 11.8 Å². The van der Waals surface area contributed by atoms with Gasteiger partial charge >= 0.3 is 0 Å².